The van der Waals surface area contributed by atoms with Gasteiger partial charge in [0.25, 0.3) is 5.91 Å². The van der Waals surface area contributed by atoms with Gasteiger partial charge in [-0.3, -0.25) is 4.79 Å². The van der Waals surface area contributed by atoms with Gasteiger partial charge in [-0.15, -0.1) is 0 Å². The number of hydrogen-bond donors (Lipinski definition) is 1. The van der Waals surface area contributed by atoms with Crippen LogP contribution in [-0.4, -0.2) is 19.2 Å². The molecular formula is C19H12F3NO5. The minimum atomic E-state index is -5.04. The van der Waals surface area contributed by atoms with Crippen LogP contribution < -0.4 is 20.4 Å². The van der Waals surface area contributed by atoms with Crippen LogP contribution in [0.15, 0.2) is 57.7 Å². The van der Waals surface area contributed by atoms with E-state index in [0.29, 0.717) is 5.75 Å². The number of carbonyl (C=O) groups excluding carboxylic acids is 1. The van der Waals surface area contributed by atoms with E-state index in [-0.39, 0.29) is 16.5 Å². The zero-order valence-electron chi connectivity index (χ0n) is 14.3. The molecule has 0 spiro atoms. The van der Waals surface area contributed by atoms with Gasteiger partial charge in [-0.05, 0) is 36.4 Å². The molecule has 1 unspecified atom stereocenters. The van der Waals surface area contributed by atoms with Crippen molar-refractivity contribution in [2.45, 2.75) is 11.9 Å². The number of alkyl halides is 3. The van der Waals surface area contributed by atoms with Gasteiger partial charge in [-0.1, -0.05) is 12.1 Å². The summed E-state index contributed by atoms with van der Waals surface area (Å²) >= 11 is 0. The molecule has 4 rings (SSSR count). The van der Waals surface area contributed by atoms with Gasteiger partial charge in [0.15, 0.2) is 11.3 Å². The smallest absolute Gasteiger partial charge is 0.453 e. The fourth-order valence-corrected chi connectivity index (χ4v) is 3.07. The number of hydrogen-bond acceptors (Lipinski definition) is 5. The van der Waals surface area contributed by atoms with Crippen LogP contribution in [-0.2, 0) is 5.72 Å². The summed E-state index contributed by atoms with van der Waals surface area (Å²) in [6.07, 6.45) is -5.04. The van der Waals surface area contributed by atoms with Crippen LogP contribution in [0.25, 0.3) is 11.0 Å². The molecule has 144 valence electrons. The normalized spacial score (nSPS) is 18.9. The molecule has 0 saturated carbocycles. The lowest BCUT2D eigenvalue weighted by Crippen LogP contribution is -2.63. The Bertz CT molecular complexity index is 1140. The monoisotopic (exact) mass is 391 g/mol. The van der Waals surface area contributed by atoms with E-state index in [1.165, 1.54) is 37.4 Å². The molecule has 1 atom stereocenters. The molecule has 9 heteroatoms. The summed E-state index contributed by atoms with van der Waals surface area (Å²) in [6, 6.07) is 10.8. The van der Waals surface area contributed by atoms with Gasteiger partial charge in [-0.25, -0.2) is 4.79 Å². The SMILES string of the molecule is COc1ccc(C2(C(F)(F)F)NC(=O)c3c(c4ccccc4oc3=O)O2)cc1. The van der Waals surface area contributed by atoms with Crippen molar-refractivity contribution < 1.29 is 31.9 Å². The van der Waals surface area contributed by atoms with E-state index in [9.17, 15) is 22.8 Å². The van der Waals surface area contributed by atoms with E-state index in [1.807, 2.05) is 0 Å². The summed E-state index contributed by atoms with van der Waals surface area (Å²) in [5.74, 6) is -1.40. The number of benzene rings is 2. The van der Waals surface area contributed by atoms with Gasteiger partial charge in [0.2, 0.25) is 0 Å². The first-order chi connectivity index (χ1) is 13.3. The molecule has 2 aromatic carbocycles. The fourth-order valence-electron chi connectivity index (χ4n) is 3.07. The standard InChI is InChI=1S/C19H12F3NO5/c1-26-11-8-6-10(7-9-11)18(19(20,21)22)23-16(24)14-15(28-18)12-4-2-3-5-13(12)27-17(14)25/h2-9H,1H3,(H,23,24). The summed E-state index contributed by atoms with van der Waals surface area (Å²) in [5, 5.41) is 1.88. The minimum absolute atomic E-state index is 0.00626. The highest BCUT2D eigenvalue weighted by Crippen LogP contribution is 2.45. The lowest BCUT2D eigenvalue weighted by molar-refractivity contribution is -0.264. The number of amides is 1. The van der Waals surface area contributed by atoms with Gasteiger partial charge in [0.05, 0.1) is 12.5 Å². The van der Waals surface area contributed by atoms with Crippen LogP contribution in [0.3, 0.4) is 0 Å². The molecule has 2 heterocycles. The van der Waals surface area contributed by atoms with Crippen LogP contribution in [0.5, 0.6) is 11.5 Å². The largest absolute Gasteiger partial charge is 0.497 e. The third-order valence-electron chi connectivity index (χ3n) is 4.43. The second-order valence-electron chi connectivity index (χ2n) is 6.05. The fraction of sp³-hybridized carbons (Fsp3) is 0.158. The number of ether oxygens (including phenoxy) is 2. The topological polar surface area (TPSA) is 77.8 Å². The van der Waals surface area contributed by atoms with Crippen LogP contribution >= 0.6 is 0 Å². The molecule has 0 bridgehead atoms. The Kier molecular flexibility index (Phi) is 3.84. The van der Waals surface area contributed by atoms with Crippen molar-refractivity contribution >= 4 is 16.9 Å². The maximum Gasteiger partial charge on any atom is 0.453 e. The van der Waals surface area contributed by atoms with E-state index in [2.05, 4.69) is 0 Å². The van der Waals surface area contributed by atoms with Gasteiger partial charge < -0.3 is 19.2 Å². The lowest BCUT2D eigenvalue weighted by atomic mass is 9.98. The predicted molar refractivity (Wildman–Crippen MR) is 91.3 cm³/mol. The predicted octanol–water partition coefficient (Wildman–Crippen LogP) is 3.34. The molecule has 1 N–H and O–H groups in total. The number of rotatable bonds is 2. The summed E-state index contributed by atoms with van der Waals surface area (Å²) in [4.78, 5) is 24.7. The van der Waals surface area contributed by atoms with E-state index in [0.717, 1.165) is 12.1 Å². The molecule has 1 aromatic heterocycles. The Balaban J connectivity index is 1.99. The summed E-state index contributed by atoms with van der Waals surface area (Å²) in [6.45, 7) is 0. The molecule has 1 aliphatic heterocycles. The highest BCUT2D eigenvalue weighted by molar-refractivity contribution is 6.03. The van der Waals surface area contributed by atoms with E-state index < -0.39 is 34.7 Å². The number of halogens is 3. The van der Waals surface area contributed by atoms with Crippen molar-refractivity contribution in [3.05, 3.63) is 70.1 Å². The van der Waals surface area contributed by atoms with Gasteiger partial charge >= 0.3 is 17.5 Å². The summed E-state index contributed by atoms with van der Waals surface area (Å²) < 4.78 is 57.8. The van der Waals surface area contributed by atoms with Crippen LogP contribution in [0.2, 0.25) is 0 Å². The third-order valence-corrected chi connectivity index (χ3v) is 4.43. The number of carbonyl (C=O) groups is 1. The number of para-hydroxylation sites is 1. The average Bonchev–Trinajstić information content (AvgIpc) is 2.66. The van der Waals surface area contributed by atoms with Crippen molar-refractivity contribution in [3.63, 3.8) is 0 Å². The van der Waals surface area contributed by atoms with Gasteiger partial charge in [0, 0.05) is 5.56 Å². The Morgan fingerprint density at radius 2 is 1.71 bits per heavy atom. The molecule has 6 nitrogen and oxygen atoms in total. The Labute approximate surface area is 155 Å². The van der Waals surface area contributed by atoms with E-state index >= 15 is 0 Å². The number of methoxy groups -OCH3 is 1. The third kappa shape index (κ3) is 2.50. The Morgan fingerprint density at radius 1 is 1.04 bits per heavy atom. The van der Waals surface area contributed by atoms with Gasteiger partial charge in [-0.2, -0.15) is 13.2 Å². The van der Waals surface area contributed by atoms with E-state index in [1.54, 1.807) is 11.4 Å². The molecule has 1 amide bonds. The van der Waals surface area contributed by atoms with E-state index in [4.69, 9.17) is 13.9 Å². The Hall–Kier alpha value is -3.49. The quantitative estimate of drug-likeness (QED) is 0.678. The Morgan fingerprint density at radius 3 is 2.36 bits per heavy atom. The summed E-state index contributed by atoms with van der Waals surface area (Å²) in [7, 11) is 1.37. The van der Waals surface area contributed by atoms with Crippen molar-refractivity contribution in [1.82, 2.24) is 5.32 Å². The van der Waals surface area contributed by atoms with Crippen molar-refractivity contribution in [1.29, 1.82) is 0 Å². The molecule has 3 aromatic rings. The first-order valence-electron chi connectivity index (χ1n) is 8.05. The second kappa shape index (κ2) is 6.01. The molecule has 0 fully saturated rings. The average molecular weight is 391 g/mol. The number of fused-ring (bicyclic) bond motifs is 3. The van der Waals surface area contributed by atoms with Crippen molar-refractivity contribution in [2.75, 3.05) is 7.11 Å². The zero-order valence-corrected chi connectivity index (χ0v) is 14.3. The highest BCUT2D eigenvalue weighted by atomic mass is 19.4. The van der Waals surface area contributed by atoms with Crippen LogP contribution in [0.4, 0.5) is 13.2 Å². The van der Waals surface area contributed by atoms with Crippen LogP contribution in [0, 0.1) is 0 Å². The van der Waals surface area contributed by atoms with Gasteiger partial charge in [0.1, 0.15) is 11.3 Å². The van der Waals surface area contributed by atoms with Crippen molar-refractivity contribution in [2.24, 2.45) is 0 Å². The van der Waals surface area contributed by atoms with Crippen molar-refractivity contribution in [3.8, 4) is 11.5 Å². The highest BCUT2D eigenvalue weighted by Gasteiger charge is 2.63. The van der Waals surface area contributed by atoms with Crippen LogP contribution in [0.1, 0.15) is 15.9 Å². The first-order valence-corrected chi connectivity index (χ1v) is 8.05. The second-order valence-corrected chi connectivity index (χ2v) is 6.05. The molecule has 1 aliphatic rings. The first kappa shape index (κ1) is 17.9. The summed E-state index contributed by atoms with van der Waals surface area (Å²) in [5.41, 5.74) is -5.26. The number of nitrogens with one attached hydrogen (secondary N) is 1. The molecule has 0 saturated heterocycles. The zero-order chi connectivity index (χ0) is 20.1. The minimum Gasteiger partial charge on any atom is -0.497 e. The maximum absolute atomic E-state index is 14.2. The molecule has 0 aliphatic carbocycles. The molecular weight excluding hydrogens is 379 g/mol. The maximum atomic E-state index is 14.2. The molecule has 0 radical (unpaired) electrons. The molecule has 28 heavy (non-hydrogen) atoms. The lowest BCUT2D eigenvalue weighted by Gasteiger charge is -2.40.